The molecular formula is C36H23Cl3F6N4O4S2. The number of halogens is 9. The Labute approximate surface area is 325 Å². The predicted octanol–water partition coefficient (Wildman–Crippen LogP) is 10.4. The maximum Gasteiger partial charge on any atom is 0.451 e. The van der Waals surface area contributed by atoms with E-state index >= 15 is 0 Å². The monoisotopic (exact) mass is 858 g/mol. The van der Waals surface area contributed by atoms with E-state index in [4.69, 9.17) is 34.8 Å². The maximum absolute atomic E-state index is 13.2. The molecule has 0 amide bonds. The fourth-order valence-corrected chi connectivity index (χ4v) is 6.94. The van der Waals surface area contributed by atoms with Gasteiger partial charge in [-0.3, -0.25) is 0 Å². The second-order valence-electron chi connectivity index (χ2n) is 11.6. The molecule has 8 nitrogen and oxygen atoms in total. The van der Waals surface area contributed by atoms with Crippen LogP contribution >= 0.6 is 34.8 Å². The Hall–Kier alpha value is -4.61. The fraction of sp³-hybridized carbons (Fsp3) is 0.111. The number of benzene rings is 4. The van der Waals surface area contributed by atoms with Gasteiger partial charge in [0.25, 0.3) is 0 Å². The average molecular weight is 860 g/mol. The topological polar surface area (TPSA) is 120 Å². The smallest absolute Gasteiger partial charge is 0.224 e. The first-order valence-electron chi connectivity index (χ1n) is 15.3. The first kappa shape index (κ1) is 41.6. The summed E-state index contributed by atoms with van der Waals surface area (Å²) in [6.07, 6.45) is -7.50. The predicted molar refractivity (Wildman–Crippen MR) is 197 cm³/mol. The van der Waals surface area contributed by atoms with Crippen LogP contribution in [0.3, 0.4) is 0 Å². The zero-order chi connectivity index (χ0) is 40.5. The van der Waals surface area contributed by atoms with Gasteiger partial charge >= 0.3 is 12.4 Å². The molecule has 0 N–H and O–H groups in total. The van der Waals surface area contributed by atoms with Crippen molar-refractivity contribution in [3.8, 4) is 44.8 Å². The molecule has 6 rings (SSSR count). The van der Waals surface area contributed by atoms with Crippen LogP contribution in [0.2, 0.25) is 15.3 Å². The van der Waals surface area contributed by atoms with Gasteiger partial charge in [0.2, 0.25) is 11.6 Å². The minimum atomic E-state index is -4.80. The molecule has 0 spiro atoms. The van der Waals surface area contributed by atoms with Crippen molar-refractivity contribution in [2.24, 2.45) is 0 Å². The lowest BCUT2D eigenvalue weighted by atomic mass is 10.0. The lowest BCUT2D eigenvalue weighted by molar-refractivity contribution is -0.145. The molecule has 0 aliphatic rings. The van der Waals surface area contributed by atoms with Gasteiger partial charge in [-0.05, 0) is 47.5 Å². The van der Waals surface area contributed by atoms with Crippen molar-refractivity contribution in [2.75, 3.05) is 12.5 Å². The molecule has 0 aliphatic heterocycles. The Morgan fingerprint density at radius 3 is 1.11 bits per heavy atom. The van der Waals surface area contributed by atoms with Gasteiger partial charge in [-0.1, -0.05) is 102 Å². The van der Waals surface area contributed by atoms with E-state index in [1.54, 1.807) is 54.6 Å². The van der Waals surface area contributed by atoms with Crippen LogP contribution in [-0.4, -0.2) is 49.3 Å². The summed E-state index contributed by atoms with van der Waals surface area (Å²) in [6, 6.07) is 25.5. The maximum atomic E-state index is 13.2. The van der Waals surface area contributed by atoms with E-state index in [1.165, 1.54) is 48.5 Å². The summed E-state index contributed by atoms with van der Waals surface area (Å²) in [5, 5.41) is -0.288. The lowest BCUT2D eigenvalue weighted by Crippen LogP contribution is -2.12. The highest BCUT2D eigenvalue weighted by atomic mass is 35.5. The number of hydrogen-bond donors (Lipinski definition) is 0. The summed E-state index contributed by atoms with van der Waals surface area (Å²) in [5.41, 5.74) is 1.85. The molecule has 0 saturated heterocycles. The summed E-state index contributed by atoms with van der Waals surface area (Å²) in [6.45, 7) is 0. The van der Waals surface area contributed by atoms with Crippen molar-refractivity contribution >= 4 is 54.5 Å². The molecule has 55 heavy (non-hydrogen) atoms. The third-order valence-corrected chi connectivity index (χ3v) is 10.6. The molecule has 0 saturated carbocycles. The van der Waals surface area contributed by atoms with E-state index in [-0.39, 0.29) is 53.7 Å². The number of nitrogens with zero attached hydrogens (tertiary/aromatic N) is 4. The van der Waals surface area contributed by atoms with Gasteiger partial charge in [-0.15, -0.1) is 0 Å². The normalized spacial score (nSPS) is 12.2. The van der Waals surface area contributed by atoms with Crippen LogP contribution in [0.25, 0.3) is 44.8 Å². The SMILES string of the molecule is CS(=O)(=O)c1ccc(-c2nc(C(F)(F)F)nc(Cl)c2-c2ccc(Cl)cc2)cc1.CS(=O)(=O)c1ccc(-c2nc(C(F)(F)F)nc(Cl)c2-c2ccccc2)cc1. The largest absolute Gasteiger partial charge is 0.451 e. The van der Waals surface area contributed by atoms with Crippen LogP contribution in [0.15, 0.2) is 113 Å². The summed E-state index contributed by atoms with van der Waals surface area (Å²) in [5.74, 6) is -2.76. The Morgan fingerprint density at radius 1 is 0.455 bits per heavy atom. The van der Waals surface area contributed by atoms with Crippen LogP contribution in [0.4, 0.5) is 26.3 Å². The van der Waals surface area contributed by atoms with Gasteiger partial charge in [0.15, 0.2) is 19.7 Å². The minimum Gasteiger partial charge on any atom is -0.224 e. The van der Waals surface area contributed by atoms with Gasteiger partial charge in [0.05, 0.1) is 21.2 Å². The first-order chi connectivity index (χ1) is 25.5. The molecular weight excluding hydrogens is 837 g/mol. The quantitative estimate of drug-likeness (QED) is 0.120. The highest BCUT2D eigenvalue weighted by Gasteiger charge is 2.37. The highest BCUT2D eigenvalue weighted by molar-refractivity contribution is 7.91. The van der Waals surface area contributed by atoms with Crippen molar-refractivity contribution in [3.05, 3.63) is 130 Å². The zero-order valence-electron chi connectivity index (χ0n) is 28.0. The number of alkyl halides is 6. The van der Waals surface area contributed by atoms with Crippen LogP contribution < -0.4 is 0 Å². The number of hydrogen-bond acceptors (Lipinski definition) is 8. The van der Waals surface area contributed by atoms with Crippen molar-refractivity contribution in [3.63, 3.8) is 0 Å². The Balaban J connectivity index is 0.000000211. The lowest BCUT2D eigenvalue weighted by Gasteiger charge is -2.14. The molecule has 286 valence electrons. The van der Waals surface area contributed by atoms with Gasteiger partial charge < -0.3 is 0 Å². The van der Waals surface area contributed by atoms with Crippen LogP contribution in [0.5, 0.6) is 0 Å². The van der Waals surface area contributed by atoms with Crippen molar-refractivity contribution in [1.29, 1.82) is 0 Å². The Bertz CT molecular complexity index is 2580. The summed E-state index contributed by atoms with van der Waals surface area (Å²) < 4.78 is 126. The fourth-order valence-electron chi connectivity index (χ4n) is 4.99. The molecule has 0 bridgehead atoms. The molecule has 0 atom stereocenters. The van der Waals surface area contributed by atoms with Crippen molar-refractivity contribution in [1.82, 2.24) is 19.9 Å². The third kappa shape index (κ3) is 9.99. The van der Waals surface area contributed by atoms with Gasteiger partial charge in [-0.2, -0.15) is 26.3 Å². The molecule has 0 radical (unpaired) electrons. The summed E-state index contributed by atoms with van der Waals surface area (Å²) >= 11 is 18.0. The summed E-state index contributed by atoms with van der Waals surface area (Å²) in [7, 11) is -6.90. The van der Waals surface area contributed by atoms with Crippen LogP contribution in [0.1, 0.15) is 11.6 Å². The Morgan fingerprint density at radius 2 is 0.782 bits per heavy atom. The van der Waals surface area contributed by atoms with Crippen LogP contribution in [-0.2, 0) is 32.0 Å². The van der Waals surface area contributed by atoms with E-state index in [2.05, 4.69) is 19.9 Å². The average Bonchev–Trinajstić information content (AvgIpc) is 3.11. The van der Waals surface area contributed by atoms with Gasteiger partial charge in [-0.25, -0.2) is 36.8 Å². The molecule has 4 aromatic carbocycles. The Kier molecular flexibility index (Phi) is 12.0. The van der Waals surface area contributed by atoms with E-state index < -0.39 is 43.7 Å². The van der Waals surface area contributed by atoms with Crippen LogP contribution in [0, 0.1) is 0 Å². The van der Waals surface area contributed by atoms with E-state index in [9.17, 15) is 43.2 Å². The number of aromatic nitrogens is 4. The van der Waals surface area contributed by atoms with E-state index in [0.29, 0.717) is 16.1 Å². The van der Waals surface area contributed by atoms with Crippen molar-refractivity contribution < 1.29 is 43.2 Å². The van der Waals surface area contributed by atoms with Gasteiger partial charge in [0, 0.05) is 39.8 Å². The number of rotatable bonds is 6. The van der Waals surface area contributed by atoms with E-state index in [1.807, 2.05) is 0 Å². The molecule has 0 unspecified atom stereocenters. The molecule has 19 heteroatoms. The summed E-state index contributed by atoms with van der Waals surface area (Å²) in [4.78, 5) is 14.2. The molecule has 2 heterocycles. The van der Waals surface area contributed by atoms with Crippen molar-refractivity contribution in [2.45, 2.75) is 22.1 Å². The molecule has 2 aromatic heterocycles. The molecule has 6 aromatic rings. The second-order valence-corrected chi connectivity index (χ2v) is 16.8. The highest BCUT2D eigenvalue weighted by Crippen LogP contribution is 2.40. The molecule has 0 fully saturated rings. The minimum absolute atomic E-state index is 0.0282. The standard InChI is InChI=1S/C18H11Cl2F3N2O2S.C18H12ClF3N2O2S/c1-28(26,27)13-8-4-11(5-9-13)15-14(10-2-6-12(19)7-3-10)16(20)25-17(24-15)18(21,22)23;1-27(25,26)13-9-7-12(8-10-13)15-14(11-5-3-2-4-6-11)16(19)24-17(23-15)18(20,21)22/h2-9H,1H3;2-10H,1H3. The van der Waals surface area contributed by atoms with E-state index in [0.717, 1.165) is 12.5 Å². The zero-order valence-corrected chi connectivity index (χ0v) is 31.9. The second kappa shape index (κ2) is 15.9. The number of sulfone groups is 2. The first-order valence-corrected chi connectivity index (χ1v) is 20.2. The third-order valence-electron chi connectivity index (χ3n) is 7.54. The molecule has 0 aliphatic carbocycles. The van der Waals surface area contributed by atoms with Gasteiger partial charge in [0.1, 0.15) is 10.3 Å².